The Morgan fingerprint density at radius 1 is 1.23 bits per heavy atom. The van der Waals surface area contributed by atoms with Crippen LogP contribution < -0.4 is 10.9 Å². The van der Waals surface area contributed by atoms with Crippen LogP contribution in [0, 0.1) is 0 Å². The largest absolute Gasteiger partial charge is 0.477 e. The van der Waals surface area contributed by atoms with Gasteiger partial charge >= 0.3 is 11.9 Å². The molecule has 0 saturated heterocycles. The van der Waals surface area contributed by atoms with Crippen molar-refractivity contribution in [2.45, 2.75) is 0 Å². The molecular formula is C14H11N3O5. The molecule has 0 fully saturated rings. The van der Waals surface area contributed by atoms with Crippen molar-refractivity contribution in [2.75, 3.05) is 5.32 Å². The fraction of sp³-hybridized carbons (Fsp3) is 0. The lowest BCUT2D eigenvalue weighted by Crippen LogP contribution is -2.15. The summed E-state index contributed by atoms with van der Waals surface area (Å²) in [6, 6.07) is 6.68. The fourth-order valence-corrected chi connectivity index (χ4v) is 1.64. The van der Waals surface area contributed by atoms with E-state index in [0.717, 1.165) is 6.20 Å². The maximum Gasteiger partial charge on any atom is 0.344 e. The molecule has 0 saturated carbocycles. The van der Waals surface area contributed by atoms with Gasteiger partial charge in [-0.25, -0.2) is 9.59 Å². The predicted molar refractivity (Wildman–Crippen MR) is 77.3 cm³/mol. The summed E-state index contributed by atoms with van der Waals surface area (Å²) in [6.07, 6.45) is 3.78. The van der Waals surface area contributed by atoms with Crippen molar-refractivity contribution in [1.82, 2.24) is 9.97 Å². The minimum atomic E-state index is -1.61. The quantitative estimate of drug-likeness (QED) is 0.366. The first-order chi connectivity index (χ1) is 10.5. The third-order valence-electron chi connectivity index (χ3n) is 2.70. The van der Waals surface area contributed by atoms with E-state index in [1.165, 1.54) is 12.3 Å². The summed E-state index contributed by atoms with van der Waals surface area (Å²) in [4.78, 5) is 39.8. The van der Waals surface area contributed by atoms with Gasteiger partial charge in [0, 0.05) is 24.2 Å². The molecule has 22 heavy (non-hydrogen) atoms. The number of carboxylic acids is 2. The number of carbonyl (C=O) groups is 2. The number of nitrogens with one attached hydrogen (secondary N) is 2. The average Bonchev–Trinajstić information content (AvgIpc) is 2.49. The maximum absolute atomic E-state index is 11.7. The Bertz CT molecular complexity index is 780. The molecular weight excluding hydrogens is 290 g/mol. The Morgan fingerprint density at radius 3 is 2.55 bits per heavy atom. The standard InChI is InChI=1S/C14H11N3O5/c18-12-11(16-7-9(13(19)20)14(21)22)5-8(6-17-12)10-3-1-2-4-15-10/h1-7,16H,(H,17,18)(H,19,20)(H,21,22). The summed E-state index contributed by atoms with van der Waals surface area (Å²) in [7, 11) is 0. The van der Waals surface area contributed by atoms with E-state index in [2.05, 4.69) is 15.3 Å². The summed E-state index contributed by atoms with van der Waals surface area (Å²) in [5, 5.41) is 19.9. The van der Waals surface area contributed by atoms with Gasteiger partial charge in [0.25, 0.3) is 5.56 Å². The monoisotopic (exact) mass is 301 g/mol. The van der Waals surface area contributed by atoms with Crippen LogP contribution in [0.25, 0.3) is 11.3 Å². The molecule has 0 atom stereocenters. The van der Waals surface area contributed by atoms with E-state index in [4.69, 9.17) is 10.2 Å². The van der Waals surface area contributed by atoms with Crippen LogP contribution in [0.4, 0.5) is 5.69 Å². The highest BCUT2D eigenvalue weighted by Gasteiger charge is 2.16. The van der Waals surface area contributed by atoms with Gasteiger partial charge in [0.1, 0.15) is 5.69 Å². The van der Waals surface area contributed by atoms with Gasteiger partial charge < -0.3 is 20.5 Å². The zero-order chi connectivity index (χ0) is 16.1. The van der Waals surface area contributed by atoms with Crippen LogP contribution in [0.5, 0.6) is 0 Å². The number of nitrogens with zero attached hydrogens (tertiary/aromatic N) is 1. The maximum atomic E-state index is 11.7. The van der Waals surface area contributed by atoms with Gasteiger partial charge in [0.15, 0.2) is 5.57 Å². The zero-order valence-corrected chi connectivity index (χ0v) is 11.1. The Labute approximate surface area is 123 Å². The van der Waals surface area contributed by atoms with Crippen molar-refractivity contribution < 1.29 is 19.8 Å². The summed E-state index contributed by atoms with van der Waals surface area (Å²) < 4.78 is 0. The summed E-state index contributed by atoms with van der Waals surface area (Å²) in [5.74, 6) is -3.23. The molecule has 0 aliphatic carbocycles. The lowest BCUT2D eigenvalue weighted by Gasteiger charge is -2.04. The van der Waals surface area contributed by atoms with E-state index in [9.17, 15) is 14.4 Å². The first-order valence-corrected chi connectivity index (χ1v) is 6.06. The van der Waals surface area contributed by atoms with Crippen LogP contribution in [0.15, 0.2) is 53.2 Å². The number of H-pyrrole nitrogens is 1. The third-order valence-corrected chi connectivity index (χ3v) is 2.70. The molecule has 0 spiro atoms. The molecule has 2 aromatic rings. The highest BCUT2D eigenvalue weighted by atomic mass is 16.4. The molecule has 2 heterocycles. The average molecular weight is 301 g/mol. The van der Waals surface area contributed by atoms with Gasteiger partial charge in [-0.2, -0.15) is 0 Å². The van der Waals surface area contributed by atoms with E-state index in [-0.39, 0.29) is 5.69 Å². The van der Waals surface area contributed by atoms with Crippen LogP contribution in [0.1, 0.15) is 0 Å². The molecule has 0 bridgehead atoms. The van der Waals surface area contributed by atoms with E-state index in [1.807, 2.05) is 0 Å². The number of hydrogen-bond donors (Lipinski definition) is 4. The summed E-state index contributed by atoms with van der Waals surface area (Å²) >= 11 is 0. The summed E-state index contributed by atoms with van der Waals surface area (Å²) in [5.41, 5.74) is -0.220. The second-order valence-corrected chi connectivity index (χ2v) is 4.16. The number of aromatic nitrogens is 2. The topological polar surface area (TPSA) is 132 Å². The first kappa shape index (κ1) is 15.0. The lowest BCUT2D eigenvalue weighted by atomic mass is 10.2. The highest BCUT2D eigenvalue weighted by molar-refractivity contribution is 6.12. The SMILES string of the molecule is O=C(O)C(=CNc1cc(-c2ccccn2)c[nH]c1=O)C(=O)O. The van der Waals surface area contributed by atoms with Gasteiger partial charge in [-0.15, -0.1) is 0 Å². The Hall–Kier alpha value is -3.42. The van der Waals surface area contributed by atoms with Crippen LogP contribution in [0.3, 0.4) is 0 Å². The molecule has 4 N–H and O–H groups in total. The molecule has 0 unspecified atom stereocenters. The third kappa shape index (κ3) is 3.37. The van der Waals surface area contributed by atoms with Crippen molar-refractivity contribution in [1.29, 1.82) is 0 Å². The van der Waals surface area contributed by atoms with Crippen molar-refractivity contribution in [3.63, 3.8) is 0 Å². The van der Waals surface area contributed by atoms with Crippen LogP contribution in [0.2, 0.25) is 0 Å². The Morgan fingerprint density at radius 2 is 1.95 bits per heavy atom. The van der Waals surface area contributed by atoms with E-state index >= 15 is 0 Å². The highest BCUT2D eigenvalue weighted by Crippen LogP contribution is 2.16. The molecule has 2 rings (SSSR count). The minimum absolute atomic E-state index is 0.00292. The van der Waals surface area contributed by atoms with Gasteiger partial charge in [-0.3, -0.25) is 9.78 Å². The van der Waals surface area contributed by atoms with E-state index in [0.29, 0.717) is 11.3 Å². The van der Waals surface area contributed by atoms with Crippen molar-refractivity contribution in [3.05, 3.63) is 58.8 Å². The Balaban J connectivity index is 2.36. The van der Waals surface area contributed by atoms with Crippen molar-refractivity contribution in [2.24, 2.45) is 0 Å². The predicted octanol–water partition coefficient (Wildman–Crippen LogP) is 0.902. The fourth-order valence-electron chi connectivity index (χ4n) is 1.64. The van der Waals surface area contributed by atoms with Crippen LogP contribution >= 0.6 is 0 Å². The number of hydrogen-bond acceptors (Lipinski definition) is 5. The molecule has 8 nitrogen and oxygen atoms in total. The second kappa shape index (κ2) is 6.35. The smallest absolute Gasteiger partial charge is 0.344 e. The van der Waals surface area contributed by atoms with Gasteiger partial charge in [-0.1, -0.05) is 6.07 Å². The number of aromatic amines is 1. The molecule has 8 heteroatoms. The lowest BCUT2D eigenvalue weighted by molar-refractivity contribution is -0.140. The Kier molecular flexibility index (Phi) is 4.33. The number of pyridine rings is 2. The van der Waals surface area contributed by atoms with Crippen LogP contribution in [-0.4, -0.2) is 32.1 Å². The molecule has 0 aliphatic rings. The van der Waals surface area contributed by atoms with Gasteiger partial charge in [0.05, 0.1) is 5.69 Å². The first-order valence-electron chi connectivity index (χ1n) is 6.06. The number of rotatable bonds is 5. The minimum Gasteiger partial charge on any atom is -0.477 e. The summed E-state index contributed by atoms with van der Waals surface area (Å²) in [6.45, 7) is 0. The molecule has 0 aromatic carbocycles. The number of carboxylic acid groups (broad SMARTS) is 2. The van der Waals surface area contributed by atoms with Gasteiger partial charge in [0.2, 0.25) is 0 Å². The normalized spacial score (nSPS) is 9.82. The second-order valence-electron chi connectivity index (χ2n) is 4.16. The van der Waals surface area contributed by atoms with Crippen molar-refractivity contribution >= 4 is 17.6 Å². The molecule has 0 amide bonds. The number of aliphatic carboxylic acids is 2. The molecule has 0 radical (unpaired) electrons. The molecule has 0 aliphatic heterocycles. The van der Waals surface area contributed by atoms with E-state index < -0.39 is 23.1 Å². The van der Waals surface area contributed by atoms with E-state index in [1.54, 1.807) is 24.4 Å². The zero-order valence-electron chi connectivity index (χ0n) is 11.1. The van der Waals surface area contributed by atoms with Crippen LogP contribution in [-0.2, 0) is 9.59 Å². The molecule has 112 valence electrons. The van der Waals surface area contributed by atoms with Crippen molar-refractivity contribution in [3.8, 4) is 11.3 Å². The number of anilines is 1. The molecule has 2 aromatic heterocycles. The van der Waals surface area contributed by atoms with Gasteiger partial charge in [-0.05, 0) is 18.2 Å².